The van der Waals surface area contributed by atoms with E-state index in [1.54, 1.807) is 18.5 Å². The van der Waals surface area contributed by atoms with E-state index in [0.717, 1.165) is 11.6 Å². The molecule has 3 aromatic rings. The van der Waals surface area contributed by atoms with Gasteiger partial charge in [-0.1, -0.05) is 6.07 Å². The Labute approximate surface area is 150 Å². The van der Waals surface area contributed by atoms with Crippen molar-refractivity contribution in [3.05, 3.63) is 66.0 Å². The summed E-state index contributed by atoms with van der Waals surface area (Å²) in [5.74, 6) is -0.677. The first kappa shape index (κ1) is 17.7. The molecule has 0 aliphatic carbocycles. The molecule has 3 rings (SSSR count). The van der Waals surface area contributed by atoms with E-state index in [2.05, 4.69) is 25.6 Å². The van der Waals surface area contributed by atoms with E-state index in [9.17, 15) is 8.78 Å². The lowest BCUT2D eigenvalue weighted by molar-refractivity contribution is 0.507. The number of aromatic nitrogens is 3. The summed E-state index contributed by atoms with van der Waals surface area (Å²) in [7, 11) is 0. The SMILES string of the molecule is CC(C)Nc1nc(NCc2ccc(F)c(F)c2)cc(-c2cccnc2)n1. The predicted octanol–water partition coefficient (Wildman–Crippen LogP) is 4.25. The van der Waals surface area contributed by atoms with E-state index in [0.29, 0.717) is 29.6 Å². The van der Waals surface area contributed by atoms with Gasteiger partial charge in [0, 0.05) is 36.6 Å². The number of nitrogens with zero attached hydrogens (tertiary/aromatic N) is 3. The Morgan fingerprint density at radius 2 is 1.88 bits per heavy atom. The van der Waals surface area contributed by atoms with Crippen molar-refractivity contribution in [3.8, 4) is 11.3 Å². The largest absolute Gasteiger partial charge is 0.366 e. The van der Waals surface area contributed by atoms with Crippen LogP contribution in [0.3, 0.4) is 0 Å². The van der Waals surface area contributed by atoms with E-state index < -0.39 is 11.6 Å². The number of benzene rings is 1. The van der Waals surface area contributed by atoms with E-state index >= 15 is 0 Å². The summed E-state index contributed by atoms with van der Waals surface area (Å²) in [5.41, 5.74) is 2.19. The standard InChI is InChI=1S/C19H19F2N5/c1-12(2)24-19-25-17(14-4-3-7-22-11-14)9-18(26-19)23-10-13-5-6-15(20)16(21)8-13/h3-9,11-12H,10H2,1-2H3,(H2,23,24,25,26). The van der Waals surface area contributed by atoms with Crippen molar-refractivity contribution in [2.75, 3.05) is 10.6 Å². The first-order chi connectivity index (χ1) is 12.5. The Kier molecular flexibility index (Phi) is 5.36. The van der Waals surface area contributed by atoms with E-state index in [4.69, 9.17) is 0 Å². The minimum atomic E-state index is -0.870. The molecule has 0 saturated heterocycles. The van der Waals surface area contributed by atoms with Crippen molar-refractivity contribution in [2.45, 2.75) is 26.4 Å². The molecule has 1 aromatic carbocycles. The van der Waals surface area contributed by atoms with Crippen LogP contribution in [0.2, 0.25) is 0 Å². The van der Waals surface area contributed by atoms with Gasteiger partial charge in [0.25, 0.3) is 0 Å². The Hall–Kier alpha value is -3.09. The second-order valence-electron chi connectivity index (χ2n) is 6.10. The van der Waals surface area contributed by atoms with Gasteiger partial charge < -0.3 is 10.6 Å². The van der Waals surface area contributed by atoms with Crippen LogP contribution in [0.15, 0.2) is 48.8 Å². The second-order valence-corrected chi connectivity index (χ2v) is 6.10. The Balaban J connectivity index is 1.86. The number of anilines is 2. The third kappa shape index (κ3) is 4.50. The highest BCUT2D eigenvalue weighted by molar-refractivity contribution is 5.63. The first-order valence-corrected chi connectivity index (χ1v) is 8.25. The fourth-order valence-corrected chi connectivity index (χ4v) is 2.36. The number of hydrogen-bond donors (Lipinski definition) is 2. The average molecular weight is 355 g/mol. The van der Waals surface area contributed by atoms with Crippen molar-refractivity contribution >= 4 is 11.8 Å². The molecule has 134 valence electrons. The third-order valence-electron chi connectivity index (χ3n) is 3.56. The van der Waals surface area contributed by atoms with Gasteiger partial charge in [0.15, 0.2) is 11.6 Å². The molecular weight excluding hydrogens is 336 g/mol. The lowest BCUT2D eigenvalue weighted by Gasteiger charge is -2.13. The van der Waals surface area contributed by atoms with Crippen LogP contribution in [-0.4, -0.2) is 21.0 Å². The van der Waals surface area contributed by atoms with Crippen LogP contribution in [0.1, 0.15) is 19.4 Å². The van der Waals surface area contributed by atoms with Crippen LogP contribution in [0, 0.1) is 11.6 Å². The van der Waals surface area contributed by atoms with E-state index in [1.807, 2.05) is 26.0 Å². The highest BCUT2D eigenvalue weighted by atomic mass is 19.2. The summed E-state index contributed by atoms with van der Waals surface area (Å²) in [6.45, 7) is 4.30. The summed E-state index contributed by atoms with van der Waals surface area (Å²) in [6.07, 6.45) is 3.42. The van der Waals surface area contributed by atoms with Gasteiger partial charge in [-0.15, -0.1) is 0 Å². The Morgan fingerprint density at radius 3 is 2.58 bits per heavy atom. The molecule has 2 N–H and O–H groups in total. The highest BCUT2D eigenvalue weighted by Gasteiger charge is 2.09. The summed E-state index contributed by atoms with van der Waals surface area (Å²) in [5, 5.41) is 6.31. The number of pyridine rings is 1. The molecule has 0 unspecified atom stereocenters. The number of nitrogens with one attached hydrogen (secondary N) is 2. The Bertz CT molecular complexity index is 884. The van der Waals surface area contributed by atoms with Gasteiger partial charge in [-0.05, 0) is 43.7 Å². The van der Waals surface area contributed by atoms with Crippen molar-refractivity contribution < 1.29 is 8.78 Å². The number of hydrogen-bond acceptors (Lipinski definition) is 5. The maximum atomic E-state index is 13.4. The molecule has 5 nitrogen and oxygen atoms in total. The topological polar surface area (TPSA) is 62.7 Å². The summed E-state index contributed by atoms with van der Waals surface area (Å²) < 4.78 is 26.4. The van der Waals surface area contributed by atoms with Gasteiger partial charge >= 0.3 is 0 Å². The molecule has 0 aliphatic rings. The zero-order valence-electron chi connectivity index (χ0n) is 14.5. The van der Waals surface area contributed by atoms with Crippen LogP contribution < -0.4 is 10.6 Å². The maximum absolute atomic E-state index is 13.4. The molecule has 0 fully saturated rings. The monoisotopic (exact) mass is 355 g/mol. The van der Waals surface area contributed by atoms with Gasteiger partial charge in [0.1, 0.15) is 5.82 Å². The van der Waals surface area contributed by atoms with E-state index in [-0.39, 0.29) is 6.04 Å². The fourth-order valence-electron chi connectivity index (χ4n) is 2.36. The second kappa shape index (κ2) is 7.86. The molecule has 2 heterocycles. The summed E-state index contributed by atoms with van der Waals surface area (Å²) in [6, 6.07) is 9.51. The zero-order chi connectivity index (χ0) is 18.5. The normalized spacial score (nSPS) is 10.8. The van der Waals surface area contributed by atoms with Crippen LogP contribution >= 0.6 is 0 Å². The van der Waals surface area contributed by atoms with Gasteiger partial charge in [0.05, 0.1) is 5.69 Å². The van der Waals surface area contributed by atoms with Crippen molar-refractivity contribution in [3.63, 3.8) is 0 Å². The number of halogens is 2. The van der Waals surface area contributed by atoms with Gasteiger partial charge in [-0.3, -0.25) is 4.98 Å². The van der Waals surface area contributed by atoms with Crippen LogP contribution in [0.4, 0.5) is 20.5 Å². The minimum absolute atomic E-state index is 0.165. The van der Waals surface area contributed by atoms with E-state index in [1.165, 1.54) is 12.1 Å². The average Bonchev–Trinajstić information content (AvgIpc) is 2.63. The van der Waals surface area contributed by atoms with Crippen molar-refractivity contribution in [1.82, 2.24) is 15.0 Å². The molecule has 0 atom stereocenters. The van der Waals surface area contributed by atoms with Crippen LogP contribution in [0.5, 0.6) is 0 Å². The smallest absolute Gasteiger partial charge is 0.225 e. The number of rotatable bonds is 6. The quantitative estimate of drug-likeness (QED) is 0.692. The maximum Gasteiger partial charge on any atom is 0.225 e. The third-order valence-corrected chi connectivity index (χ3v) is 3.56. The molecule has 0 spiro atoms. The van der Waals surface area contributed by atoms with Crippen LogP contribution in [-0.2, 0) is 6.54 Å². The molecule has 7 heteroatoms. The van der Waals surface area contributed by atoms with Gasteiger partial charge in [-0.2, -0.15) is 4.98 Å². The molecule has 2 aromatic heterocycles. The van der Waals surface area contributed by atoms with Gasteiger partial charge in [0.2, 0.25) is 5.95 Å². The molecule has 0 radical (unpaired) electrons. The van der Waals surface area contributed by atoms with Crippen molar-refractivity contribution in [2.24, 2.45) is 0 Å². The molecule has 0 saturated carbocycles. The molecule has 0 amide bonds. The van der Waals surface area contributed by atoms with Crippen molar-refractivity contribution in [1.29, 1.82) is 0 Å². The van der Waals surface area contributed by atoms with Gasteiger partial charge in [-0.25, -0.2) is 13.8 Å². The Morgan fingerprint density at radius 1 is 1.04 bits per heavy atom. The lowest BCUT2D eigenvalue weighted by Crippen LogP contribution is -2.14. The molecule has 0 aliphatic heterocycles. The fraction of sp³-hybridized carbons (Fsp3) is 0.211. The summed E-state index contributed by atoms with van der Waals surface area (Å²) >= 11 is 0. The molecule has 0 bridgehead atoms. The summed E-state index contributed by atoms with van der Waals surface area (Å²) in [4.78, 5) is 13.1. The minimum Gasteiger partial charge on any atom is -0.366 e. The predicted molar refractivity (Wildman–Crippen MR) is 97.7 cm³/mol. The van der Waals surface area contributed by atoms with Crippen LogP contribution in [0.25, 0.3) is 11.3 Å². The molecule has 26 heavy (non-hydrogen) atoms. The highest BCUT2D eigenvalue weighted by Crippen LogP contribution is 2.21. The molecular formula is C19H19F2N5. The first-order valence-electron chi connectivity index (χ1n) is 8.25. The lowest BCUT2D eigenvalue weighted by atomic mass is 10.2. The zero-order valence-corrected chi connectivity index (χ0v) is 14.5.